The summed E-state index contributed by atoms with van der Waals surface area (Å²) in [6.45, 7) is 1.46. The van der Waals surface area contributed by atoms with E-state index < -0.39 is 0 Å². The first-order chi connectivity index (χ1) is 7.68. The van der Waals surface area contributed by atoms with Gasteiger partial charge < -0.3 is 20.4 Å². The Morgan fingerprint density at radius 3 is 2.81 bits per heavy atom. The quantitative estimate of drug-likeness (QED) is 0.780. The van der Waals surface area contributed by atoms with Gasteiger partial charge >= 0.3 is 0 Å². The molecular formula is C11H17N3O2. The van der Waals surface area contributed by atoms with Crippen LogP contribution in [0.3, 0.4) is 0 Å². The number of H-pyrrole nitrogens is 1. The van der Waals surface area contributed by atoms with Crippen molar-refractivity contribution in [2.75, 3.05) is 26.0 Å². The number of amides is 1. The van der Waals surface area contributed by atoms with Gasteiger partial charge in [0.05, 0.1) is 0 Å². The van der Waals surface area contributed by atoms with E-state index in [2.05, 4.69) is 4.98 Å². The van der Waals surface area contributed by atoms with Gasteiger partial charge in [-0.3, -0.25) is 4.79 Å². The maximum absolute atomic E-state index is 12.1. The highest BCUT2D eigenvalue weighted by Gasteiger charge is 2.23. The van der Waals surface area contributed by atoms with E-state index in [4.69, 9.17) is 10.5 Å². The third-order valence-corrected chi connectivity index (χ3v) is 2.99. The lowest BCUT2D eigenvalue weighted by molar-refractivity contribution is 0.0359. The van der Waals surface area contributed by atoms with E-state index in [9.17, 15) is 4.79 Å². The number of nitrogen functional groups attached to an aromatic ring is 1. The number of aromatic amines is 1. The largest absolute Gasteiger partial charge is 0.397 e. The molecule has 5 heteroatoms. The van der Waals surface area contributed by atoms with E-state index in [1.54, 1.807) is 17.2 Å². The summed E-state index contributed by atoms with van der Waals surface area (Å²) in [6, 6.07) is 1.93. The fraction of sp³-hybridized carbons (Fsp3) is 0.545. The summed E-state index contributed by atoms with van der Waals surface area (Å²) in [6.07, 6.45) is 3.43. The number of hydrogen-bond donors (Lipinski definition) is 2. The molecule has 2 heterocycles. The van der Waals surface area contributed by atoms with Crippen LogP contribution in [-0.4, -0.2) is 42.1 Å². The average molecular weight is 223 g/mol. The molecule has 0 unspecified atom stereocenters. The van der Waals surface area contributed by atoms with Crippen LogP contribution in [0.15, 0.2) is 12.3 Å². The number of anilines is 1. The molecule has 1 fully saturated rings. The molecule has 0 aromatic carbocycles. The summed E-state index contributed by atoms with van der Waals surface area (Å²) in [5.41, 5.74) is 6.71. The van der Waals surface area contributed by atoms with Gasteiger partial charge in [0.2, 0.25) is 0 Å². The van der Waals surface area contributed by atoms with Crippen molar-refractivity contribution in [1.29, 1.82) is 0 Å². The highest BCUT2D eigenvalue weighted by molar-refractivity contribution is 5.93. The SMILES string of the molecule is CN(C(=O)c1cc(N)c[nH]1)C1CCOCC1. The number of rotatable bonds is 2. The number of nitrogens with zero attached hydrogens (tertiary/aromatic N) is 1. The molecule has 0 radical (unpaired) electrons. The third kappa shape index (κ3) is 2.19. The molecule has 1 aromatic rings. The van der Waals surface area contributed by atoms with Crippen molar-refractivity contribution in [2.24, 2.45) is 0 Å². The van der Waals surface area contributed by atoms with E-state index >= 15 is 0 Å². The van der Waals surface area contributed by atoms with Crippen LogP contribution in [-0.2, 0) is 4.74 Å². The summed E-state index contributed by atoms with van der Waals surface area (Å²) in [5, 5.41) is 0. The summed E-state index contributed by atoms with van der Waals surface area (Å²) < 4.78 is 5.27. The Balaban J connectivity index is 2.03. The van der Waals surface area contributed by atoms with Crippen LogP contribution >= 0.6 is 0 Å². The molecule has 0 bridgehead atoms. The normalized spacial score (nSPS) is 17.3. The second kappa shape index (κ2) is 4.57. The van der Waals surface area contributed by atoms with E-state index in [1.165, 1.54) is 0 Å². The van der Waals surface area contributed by atoms with Gasteiger partial charge in [0.15, 0.2) is 0 Å². The highest BCUT2D eigenvalue weighted by Crippen LogP contribution is 2.16. The maximum atomic E-state index is 12.1. The second-order valence-corrected chi connectivity index (χ2v) is 4.11. The first kappa shape index (κ1) is 11.0. The number of carbonyl (C=O) groups excluding carboxylic acids is 1. The zero-order valence-corrected chi connectivity index (χ0v) is 9.40. The van der Waals surface area contributed by atoms with Crippen molar-refractivity contribution >= 4 is 11.6 Å². The maximum Gasteiger partial charge on any atom is 0.270 e. The van der Waals surface area contributed by atoms with Crippen molar-refractivity contribution in [3.8, 4) is 0 Å². The number of carbonyl (C=O) groups is 1. The minimum atomic E-state index is -0.0106. The van der Waals surface area contributed by atoms with Crippen LogP contribution in [0.4, 0.5) is 5.69 Å². The fourth-order valence-electron chi connectivity index (χ4n) is 1.96. The van der Waals surface area contributed by atoms with Crippen LogP contribution in [0.5, 0.6) is 0 Å². The van der Waals surface area contributed by atoms with Crippen LogP contribution in [0.25, 0.3) is 0 Å². The molecule has 2 rings (SSSR count). The van der Waals surface area contributed by atoms with Gasteiger partial charge in [-0.15, -0.1) is 0 Å². The molecule has 88 valence electrons. The number of ether oxygens (including phenoxy) is 1. The first-order valence-corrected chi connectivity index (χ1v) is 5.47. The molecule has 5 nitrogen and oxygen atoms in total. The predicted molar refractivity (Wildman–Crippen MR) is 61.1 cm³/mol. The molecule has 0 saturated carbocycles. The van der Waals surface area contributed by atoms with Crippen molar-refractivity contribution < 1.29 is 9.53 Å². The molecular weight excluding hydrogens is 206 g/mol. The smallest absolute Gasteiger partial charge is 0.270 e. The third-order valence-electron chi connectivity index (χ3n) is 2.99. The minimum Gasteiger partial charge on any atom is -0.397 e. The lowest BCUT2D eigenvalue weighted by Gasteiger charge is -2.30. The van der Waals surface area contributed by atoms with Gasteiger partial charge in [-0.2, -0.15) is 0 Å². The van der Waals surface area contributed by atoms with Crippen molar-refractivity contribution in [1.82, 2.24) is 9.88 Å². The van der Waals surface area contributed by atoms with Gasteiger partial charge in [-0.1, -0.05) is 0 Å². The topological polar surface area (TPSA) is 71.3 Å². The number of nitrogens with one attached hydrogen (secondary N) is 1. The number of hydrogen-bond acceptors (Lipinski definition) is 3. The molecule has 1 saturated heterocycles. The molecule has 16 heavy (non-hydrogen) atoms. The summed E-state index contributed by atoms with van der Waals surface area (Å²) >= 11 is 0. The van der Waals surface area contributed by atoms with Crippen molar-refractivity contribution in [3.05, 3.63) is 18.0 Å². The summed E-state index contributed by atoms with van der Waals surface area (Å²) in [7, 11) is 1.83. The zero-order chi connectivity index (χ0) is 11.5. The Morgan fingerprint density at radius 2 is 2.25 bits per heavy atom. The molecule has 0 atom stereocenters. The fourth-order valence-corrected chi connectivity index (χ4v) is 1.96. The molecule has 1 aliphatic rings. The highest BCUT2D eigenvalue weighted by atomic mass is 16.5. The molecule has 1 amide bonds. The zero-order valence-electron chi connectivity index (χ0n) is 9.40. The van der Waals surface area contributed by atoms with Crippen molar-refractivity contribution in [2.45, 2.75) is 18.9 Å². The van der Waals surface area contributed by atoms with Crippen molar-refractivity contribution in [3.63, 3.8) is 0 Å². The monoisotopic (exact) mass is 223 g/mol. The summed E-state index contributed by atoms with van der Waals surface area (Å²) in [5.74, 6) is -0.0106. The van der Waals surface area contributed by atoms with Crippen LogP contribution < -0.4 is 5.73 Å². The average Bonchev–Trinajstić information content (AvgIpc) is 2.75. The second-order valence-electron chi connectivity index (χ2n) is 4.11. The molecule has 0 spiro atoms. The van der Waals surface area contributed by atoms with Gasteiger partial charge in [0, 0.05) is 38.2 Å². The Hall–Kier alpha value is -1.49. The first-order valence-electron chi connectivity index (χ1n) is 5.47. The van der Waals surface area contributed by atoms with Gasteiger partial charge in [0.1, 0.15) is 5.69 Å². The van der Waals surface area contributed by atoms with E-state index in [1.807, 2.05) is 7.05 Å². The molecule has 0 aliphatic carbocycles. The Morgan fingerprint density at radius 1 is 1.56 bits per heavy atom. The standard InChI is InChI=1S/C11H17N3O2/c1-14(9-2-4-16-5-3-9)11(15)10-6-8(12)7-13-10/h6-7,9,13H,2-5,12H2,1H3. The predicted octanol–water partition coefficient (Wildman–Crippen LogP) is 0.848. The number of aromatic nitrogens is 1. The number of nitrogens with two attached hydrogens (primary N) is 1. The van der Waals surface area contributed by atoms with E-state index in [0.717, 1.165) is 26.1 Å². The van der Waals surface area contributed by atoms with Gasteiger partial charge in [0.25, 0.3) is 5.91 Å². The van der Waals surface area contributed by atoms with Crippen LogP contribution in [0.1, 0.15) is 23.3 Å². The summed E-state index contributed by atoms with van der Waals surface area (Å²) in [4.78, 5) is 16.7. The van der Waals surface area contributed by atoms with Crippen LogP contribution in [0, 0.1) is 0 Å². The lowest BCUT2D eigenvalue weighted by Crippen LogP contribution is -2.40. The molecule has 1 aromatic heterocycles. The van der Waals surface area contributed by atoms with Crippen LogP contribution in [0.2, 0.25) is 0 Å². The van der Waals surface area contributed by atoms with Gasteiger partial charge in [-0.05, 0) is 18.9 Å². The minimum absolute atomic E-state index is 0.0106. The van der Waals surface area contributed by atoms with Gasteiger partial charge in [-0.25, -0.2) is 0 Å². The lowest BCUT2D eigenvalue weighted by atomic mass is 10.1. The Bertz CT molecular complexity index is 369. The molecule has 1 aliphatic heterocycles. The van der Waals surface area contributed by atoms with E-state index in [-0.39, 0.29) is 11.9 Å². The Kier molecular flexibility index (Phi) is 3.14. The molecule has 3 N–H and O–H groups in total. The Labute approximate surface area is 94.6 Å². The van der Waals surface area contributed by atoms with E-state index in [0.29, 0.717) is 11.4 Å².